The second-order valence-electron chi connectivity index (χ2n) is 6.74. The molecule has 0 spiro atoms. The number of hydrogen-bond acceptors (Lipinski definition) is 6. The minimum atomic E-state index is 0.0182. The molecule has 1 heterocycles. The number of rotatable bonds is 7. The number of carbonyl (C=O) groups excluding carboxylic acids is 1. The molecule has 26 heavy (non-hydrogen) atoms. The van der Waals surface area contributed by atoms with Crippen molar-refractivity contribution in [3.63, 3.8) is 0 Å². The Hall–Kier alpha value is -2.02. The van der Waals surface area contributed by atoms with E-state index < -0.39 is 0 Å². The second kappa shape index (κ2) is 9.07. The van der Waals surface area contributed by atoms with Crippen LogP contribution in [-0.2, 0) is 11.4 Å². The summed E-state index contributed by atoms with van der Waals surface area (Å²) in [6.07, 6.45) is 4.71. The fraction of sp³-hybridized carbons (Fsp3) is 0.526. The predicted molar refractivity (Wildman–Crippen MR) is 100 cm³/mol. The lowest BCUT2D eigenvalue weighted by Crippen LogP contribution is -2.41. The molecule has 0 bridgehead atoms. The number of thioether (sulfide) groups is 1. The third kappa shape index (κ3) is 5.24. The Morgan fingerprint density at radius 2 is 2.12 bits per heavy atom. The largest absolute Gasteiger partial charge is 0.484 e. The fourth-order valence-corrected chi connectivity index (χ4v) is 3.71. The predicted octanol–water partition coefficient (Wildman–Crippen LogP) is 3.74. The van der Waals surface area contributed by atoms with E-state index in [-0.39, 0.29) is 24.3 Å². The van der Waals surface area contributed by atoms with Gasteiger partial charge in [0.15, 0.2) is 6.61 Å². The van der Waals surface area contributed by atoms with Crippen molar-refractivity contribution in [1.29, 1.82) is 0 Å². The standard InChI is InChI=1S/C19H25N3O3S/c1-13-7-3-5-9-15(13)20-17(23)12-26-19-22-21-18(25-19)11-24-16-10-6-4-8-14(16)2/h4,6,8,10,13,15H,3,5,7,9,11-12H2,1-2H3,(H,20,23)/t13-,15+/m1/s1. The van der Waals surface area contributed by atoms with E-state index in [4.69, 9.17) is 9.15 Å². The Morgan fingerprint density at radius 3 is 2.92 bits per heavy atom. The summed E-state index contributed by atoms with van der Waals surface area (Å²) in [5, 5.41) is 11.5. The Balaban J connectivity index is 1.43. The first-order valence-corrected chi connectivity index (χ1v) is 10.0. The van der Waals surface area contributed by atoms with E-state index in [0.717, 1.165) is 17.7 Å². The summed E-state index contributed by atoms with van der Waals surface area (Å²) in [4.78, 5) is 12.1. The summed E-state index contributed by atoms with van der Waals surface area (Å²) in [5.74, 6) is 2.04. The number of ether oxygens (including phenoxy) is 1. The van der Waals surface area contributed by atoms with Crippen molar-refractivity contribution in [2.45, 2.75) is 57.4 Å². The average Bonchev–Trinajstić information content (AvgIpc) is 3.09. The van der Waals surface area contributed by atoms with Crippen LogP contribution >= 0.6 is 11.8 Å². The first kappa shape index (κ1) is 18.8. The highest BCUT2D eigenvalue weighted by Crippen LogP contribution is 2.24. The molecule has 6 nitrogen and oxygen atoms in total. The third-order valence-electron chi connectivity index (χ3n) is 4.68. The molecule has 2 atom stereocenters. The highest BCUT2D eigenvalue weighted by Gasteiger charge is 2.23. The highest BCUT2D eigenvalue weighted by atomic mass is 32.2. The van der Waals surface area contributed by atoms with Crippen LogP contribution in [0.2, 0.25) is 0 Å². The molecule has 1 aromatic carbocycles. The van der Waals surface area contributed by atoms with Crippen molar-refractivity contribution in [3.05, 3.63) is 35.7 Å². The van der Waals surface area contributed by atoms with Crippen molar-refractivity contribution < 1.29 is 13.9 Å². The van der Waals surface area contributed by atoms with Crippen LogP contribution in [0.4, 0.5) is 0 Å². The lowest BCUT2D eigenvalue weighted by Gasteiger charge is -2.29. The van der Waals surface area contributed by atoms with Crippen LogP contribution in [0.1, 0.15) is 44.1 Å². The molecule has 1 aromatic heterocycles. The number of hydrogen-bond donors (Lipinski definition) is 1. The Morgan fingerprint density at radius 1 is 1.31 bits per heavy atom. The number of benzene rings is 1. The topological polar surface area (TPSA) is 77.2 Å². The summed E-state index contributed by atoms with van der Waals surface area (Å²) in [6.45, 7) is 4.40. The van der Waals surface area contributed by atoms with Gasteiger partial charge in [-0.2, -0.15) is 0 Å². The number of para-hydroxylation sites is 1. The fourth-order valence-electron chi connectivity index (χ4n) is 3.12. The maximum Gasteiger partial charge on any atom is 0.277 e. The molecule has 1 amide bonds. The number of amides is 1. The molecule has 1 saturated carbocycles. The van der Waals surface area contributed by atoms with E-state index in [1.165, 1.54) is 31.0 Å². The molecule has 7 heteroatoms. The summed E-state index contributed by atoms with van der Waals surface area (Å²) in [6, 6.07) is 8.05. The first-order valence-electron chi connectivity index (χ1n) is 9.05. The molecule has 1 N–H and O–H groups in total. The van der Waals surface area contributed by atoms with E-state index in [2.05, 4.69) is 22.4 Å². The van der Waals surface area contributed by atoms with E-state index in [1.807, 2.05) is 31.2 Å². The summed E-state index contributed by atoms with van der Waals surface area (Å²) in [5.41, 5.74) is 1.05. The quantitative estimate of drug-likeness (QED) is 0.743. The van der Waals surface area contributed by atoms with Crippen molar-refractivity contribution in [2.24, 2.45) is 5.92 Å². The molecule has 3 rings (SSSR count). The zero-order chi connectivity index (χ0) is 18.4. The van der Waals surface area contributed by atoms with Crippen LogP contribution in [0.5, 0.6) is 5.75 Å². The molecule has 140 valence electrons. The van der Waals surface area contributed by atoms with Gasteiger partial charge in [0.1, 0.15) is 5.75 Å². The lowest BCUT2D eigenvalue weighted by atomic mass is 9.86. The van der Waals surface area contributed by atoms with Gasteiger partial charge in [-0.3, -0.25) is 4.79 Å². The summed E-state index contributed by atoms with van der Waals surface area (Å²) in [7, 11) is 0. The average molecular weight is 375 g/mol. The van der Waals surface area contributed by atoms with Gasteiger partial charge in [-0.1, -0.05) is 49.7 Å². The number of aromatic nitrogens is 2. The van der Waals surface area contributed by atoms with Crippen molar-refractivity contribution >= 4 is 17.7 Å². The molecular weight excluding hydrogens is 350 g/mol. The van der Waals surface area contributed by atoms with Gasteiger partial charge in [-0.05, 0) is 37.3 Å². The van der Waals surface area contributed by atoms with Gasteiger partial charge in [-0.15, -0.1) is 10.2 Å². The SMILES string of the molecule is Cc1ccccc1OCc1nnc(SCC(=O)N[C@H]2CCCC[C@H]2C)o1. The van der Waals surface area contributed by atoms with E-state index in [0.29, 0.717) is 17.0 Å². The highest BCUT2D eigenvalue weighted by molar-refractivity contribution is 7.99. The first-order chi connectivity index (χ1) is 12.6. The smallest absolute Gasteiger partial charge is 0.277 e. The molecule has 1 fully saturated rings. The molecule has 1 aliphatic rings. The van der Waals surface area contributed by atoms with Gasteiger partial charge in [0, 0.05) is 6.04 Å². The number of aryl methyl sites for hydroxylation is 1. The van der Waals surface area contributed by atoms with Gasteiger partial charge in [0.05, 0.1) is 5.75 Å². The molecule has 0 unspecified atom stereocenters. The van der Waals surface area contributed by atoms with Crippen LogP contribution in [0.15, 0.2) is 33.9 Å². The minimum Gasteiger partial charge on any atom is -0.484 e. The van der Waals surface area contributed by atoms with Gasteiger partial charge < -0.3 is 14.5 Å². The van der Waals surface area contributed by atoms with Crippen molar-refractivity contribution in [1.82, 2.24) is 15.5 Å². The summed E-state index contributed by atoms with van der Waals surface area (Å²) < 4.78 is 11.2. The van der Waals surface area contributed by atoms with Crippen molar-refractivity contribution in [2.75, 3.05) is 5.75 Å². The molecule has 0 radical (unpaired) electrons. The molecule has 0 aliphatic heterocycles. The lowest BCUT2D eigenvalue weighted by molar-refractivity contribution is -0.119. The monoisotopic (exact) mass is 375 g/mol. The maximum absolute atomic E-state index is 12.1. The maximum atomic E-state index is 12.1. The van der Waals surface area contributed by atoms with Crippen molar-refractivity contribution in [3.8, 4) is 5.75 Å². The minimum absolute atomic E-state index is 0.0182. The van der Waals surface area contributed by atoms with Crippen LogP contribution in [0.25, 0.3) is 0 Å². The van der Waals surface area contributed by atoms with Gasteiger partial charge in [0.25, 0.3) is 11.1 Å². The second-order valence-corrected chi connectivity index (χ2v) is 7.67. The zero-order valence-corrected chi connectivity index (χ0v) is 16.1. The number of nitrogens with zero attached hydrogens (tertiary/aromatic N) is 2. The summed E-state index contributed by atoms with van der Waals surface area (Å²) >= 11 is 1.26. The molecule has 2 aromatic rings. The van der Waals surface area contributed by atoms with Gasteiger partial charge in [-0.25, -0.2) is 0 Å². The van der Waals surface area contributed by atoms with Gasteiger partial charge >= 0.3 is 0 Å². The van der Waals surface area contributed by atoms with E-state index in [9.17, 15) is 4.79 Å². The Bertz CT molecular complexity index is 734. The van der Waals surface area contributed by atoms with E-state index in [1.54, 1.807) is 0 Å². The third-order valence-corrected chi connectivity index (χ3v) is 5.50. The Labute approximate surface area is 158 Å². The van der Waals surface area contributed by atoms with Crippen LogP contribution < -0.4 is 10.1 Å². The number of carbonyl (C=O) groups is 1. The number of nitrogens with one attached hydrogen (secondary N) is 1. The van der Waals surface area contributed by atoms with Crippen LogP contribution in [0, 0.1) is 12.8 Å². The molecular formula is C19H25N3O3S. The molecule has 0 saturated heterocycles. The normalized spacial score (nSPS) is 19.9. The van der Waals surface area contributed by atoms with Crippen LogP contribution in [-0.4, -0.2) is 27.9 Å². The zero-order valence-electron chi connectivity index (χ0n) is 15.2. The van der Waals surface area contributed by atoms with E-state index >= 15 is 0 Å². The Kier molecular flexibility index (Phi) is 6.55. The molecule has 1 aliphatic carbocycles. The van der Waals surface area contributed by atoms with Crippen LogP contribution in [0.3, 0.4) is 0 Å². The van der Waals surface area contributed by atoms with Gasteiger partial charge in [0.2, 0.25) is 5.91 Å².